The summed E-state index contributed by atoms with van der Waals surface area (Å²) in [5.41, 5.74) is 0.766. The minimum Gasteiger partial charge on any atom is -0.340 e. The van der Waals surface area contributed by atoms with Crippen LogP contribution < -0.4 is 0 Å². The monoisotopic (exact) mass is 444 g/mol. The Bertz CT molecular complexity index is 945. The maximum absolute atomic E-state index is 12.6. The van der Waals surface area contributed by atoms with Gasteiger partial charge in [-0.25, -0.2) is 8.42 Å². The van der Waals surface area contributed by atoms with E-state index in [2.05, 4.69) is 0 Å². The van der Waals surface area contributed by atoms with E-state index in [9.17, 15) is 18.0 Å². The molecule has 27 heavy (non-hydrogen) atoms. The van der Waals surface area contributed by atoms with Crippen molar-refractivity contribution in [2.24, 2.45) is 0 Å². The molecule has 0 aromatic heterocycles. The third kappa shape index (κ3) is 4.71. The minimum atomic E-state index is -3.09. The van der Waals surface area contributed by atoms with E-state index in [1.807, 2.05) is 6.07 Å². The van der Waals surface area contributed by atoms with Gasteiger partial charge in [-0.2, -0.15) is 0 Å². The largest absolute Gasteiger partial charge is 0.340 e. The quantitative estimate of drug-likeness (QED) is 0.523. The lowest BCUT2D eigenvalue weighted by Gasteiger charge is -2.25. The molecule has 3 rings (SSSR count). The van der Waals surface area contributed by atoms with Crippen LogP contribution in [0.5, 0.6) is 0 Å². The fraction of sp³-hybridized carbons (Fsp3) is 0.353. The average molecular weight is 445 g/mol. The van der Waals surface area contributed by atoms with Crippen molar-refractivity contribution in [2.45, 2.75) is 12.5 Å². The van der Waals surface area contributed by atoms with Crippen LogP contribution in [0.15, 0.2) is 29.2 Å². The molecule has 2 aliphatic heterocycles. The normalized spacial score (nSPS) is 23.3. The zero-order chi connectivity index (χ0) is 19.8. The fourth-order valence-corrected chi connectivity index (χ4v) is 6.14. The van der Waals surface area contributed by atoms with E-state index in [4.69, 9.17) is 23.8 Å². The minimum absolute atomic E-state index is 0.0394. The SMILES string of the molecule is CN(C(=O)CN1C(=O)/C(=C\c2cccc(Cl)c2)SC1=S)C1CCS(=O)(=O)C1. The van der Waals surface area contributed by atoms with E-state index in [-0.39, 0.29) is 35.9 Å². The number of rotatable bonds is 4. The summed E-state index contributed by atoms with van der Waals surface area (Å²) in [7, 11) is -1.53. The molecular formula is C17H17ClN2O4S3. The standard InChI is InChI=1S/C17H17ClN2O4S3/c1-19(13-5-6-27(23,24)10-13)15(21)9-20-16(22)14(26-17(20)25)8-11-3-2-4-12(18)7-11/h2-4,7-8,13H,5-6,9-10H2,1H3/b14-8+. The number of likely N-dealkylation sites (N-methyl/N-ethyl adjacent to an activating group) is 1. The van der Waals surface area contributed by atoms with Gasteiger partial charge in [0.05, 0.1) is 16.4 Å². The Morgan fingerprint density at radius 3 is 2.85 bits per heavy atom. The summed E-state index contributed by atoms with van der Waals surface area (Å²) in [6.45, 7) is -0.204. The lowest BCUT2D eigenvalue weighted by Crippen LogP contribution is -2.45. The molecule has 1 aromatic carbocycles. The summed E-state index contributed by atoms with van der Waals surface area (Å²) >= 11 is 12.3. The number of carbonyl (C=O) groups excluding carboxylic acids is 2. The Labute approximate surface area is 172 Å². The summed E-state index contributed by atoms with van der Waals surface area (Å²) in [4.78, 5) is 28.2. The van der Waals surface area contributed by atoms with E-state index < -0.39 is 9.84 Å². The maximum Gasteiger partial charge on any atom is 0.266 e. The second kappa shape index (κ2) is 7.90. The Hall–Kier alpha value is -1.42. The van der Waals surface area contributed by atoms with Crippen LogP contribution in [0.4, 0.5) is 0 Å². The first-order chi connectivity index (χ1) is 12.7. The number of thioether (sulfide) groups is 1. The summed E-state index contributed by atoms with van der Waals surface area (Å²) < 4.78 is 23.5. The molecule has 10 heteroatoms. The van der Waals surface area contributed by atoms with Crippen LogP contribution in [-0.4, -0.2) is 65.5 Å². The number of benzene rings is 1. The van der Waals surface area contributed by atoms with Crippen LogP contribution >= 0.6 is 35.6 Å². The maximum atomic E-state index is 12.6. The fourth-order valence-electron chi connectivity index (χ4n) is 2.92. The van der Waals surface area contributed by atoms with Crippen molar-refractivity contribution in [3.8, 4) is 0 Å². The van der Waals surface area contributed by atoms with Crippen molar-refractivity contribution >= 4 is 67.6 Å². The molecule has 0 aliphatic carbocycles. The van der Waals surface area contributed by atoms with Crippen LogP contribution in [0, 0.1) is 0 Å². The number of hydrogen-bond acceptors (Lipinski definition) is 6. The molecule has 1 unspecified atom stereocenters. The lowest BCUT2D eigenvalue weighted by molar-refractivity contribution is -0.135. The van der Waals surface area contributed by atoms with Gasteiger partial charge in [0.2, 0.25) is 5.91 Å². The van der Waals surface area contributed by atoms with Gasteiger partial charge in [-0.3, -0.25) is 14.5 Å². The van der Waals surface area contributed by atoms with Crippen LogP contribution in [0.25, 0.3) is 6.08 Å². The first-order valence-electron chi connectivity index (χ1n) is 8.13. The third-order valence-corrected chi connectivity index (χ3v) is 7.83. The van der Waals surface area contributed by atoms with Crippen LogP contribution in [0.1, 0.15) is 12.0 Å². The number of hydrogen-bond donors (Lipinski definition) is 0. The number of thiocarbonyl (C=S) groups is 1. The Balaban J connectivity index is 1.69. The van der Waals surface area contributed by atoms with Crippen molar-refractivity contribution in [1.29, 1.82) is 0 Å². The smallest absolute Gasteiger partial charge is 0.266 e. The second-order valence-electron chi connectivity index (χ2n) is 6.38. The van der Waals surface area contributed by atoms with Gasteiger partial charge in [-0.05, 0) is 30.2 Å². The van der Waals surface area contributed by atoms with Gasteiger partial charge >= 0.3 is 0 Å². The molecule has 6 nitrogen and oxygen atoms in total. The van der Waals surface area contributed by atoms with E-state index >= 15 is 0 Å². The van der Waals surface area contributed by atoms with E-state index in [0.29, 0.717) is 20.7 Å². The predicted molar refractivity (Wildman–Crippen MR) is 111 cm³/mol. The highest BCUT2D eigenvalue weighted by atomic mass is 35.5. The zero-order valence-corrected chi connectivity index (χ0v) is 17.6. The van der Waals surface area contributed by atoms with Gasteiger partial charge in [0.1, 0.15) is 10.9 Å². The first-order valence-corrected chi connectivity index (χ1v) is 11.6. The number of carbonyl (C=O) groups is 2. The van der Waals surface area contributed by atoms with E-state index in [0.717, 1.165) is 17.3 Å². The van der Waals surface area contributed by atoms with Gasteiger partial charge in [-0.1, -0.05) is 47.7 Å². The predicted octanol–water partition coefficient (Wildman–Crippen LogP) is 2.19. The van der Waals surface area contributed by atoms with Gasteiger partial charge in [0.25, 0.3) is 5.91 Å². The molecule has 2 fully saturated rings. The topological polar surface area (TPSA) is 74.8 Å². The highest BCUT2D eigenvalue weighted by Gasteiger charge is 2.37. The number of sulfone groups is 1. The molecule has 144 valence electrons. The van der Waals surface area contributed by atoms with Crippen LogP contribution in [0.3, 0.4) is 0 Å². The number of halogens is 1. The molecule has 0 spiro atoms. The average Bonchev–Trinajstić information content (AvgIpc) is 3.08. The van der Waals surface area contributed by atoms with Gasteiger partial charge in [0, 0.05) is 18.1 Å². The molecular weight excluding hydrogens is 428 g/mol. The van der Waals surface area contributed by atoms with E-state index in [1.165, 1.54) is 9.80 Å². The third-order valence-electron chi connectivity index (χ3n) is 4.46. The first kappa shape index (κ1) is 20.3. The van der Waals surface area contributed by atoms with E-state index in [1.54, 1.807) is 31.3 Å². The molecule has 0 saturated carbocycles. The summed E-state index contributed by atoms with van der Waals surface area (Å²) in [6.07, 6.45) is 2.10. The second-order valence-corrected chi connectivity index (χ2v) is 10.7. The van der Waals surface area contributed by atoms with Crippen LogP contribution in [-0.2, 0) is 19.4 Å². The van der Waals surface area contributed by atoms with Gasteiger partial charge in [0.15, 0.2) is 9.84 Å². The Kier molecular flexibility index (Phi) is 5.95. The van der Waals surface area contributed by atoms with Crippen molar-refractivity contribution in [3.05, 3.63) is 39.8 Å². The lowest BCUT2D eigenvalue weighted by atomic mass is 10.2. The molecule has 2 heterocycles. The molecule has 2 amide bonds. The number of nitrogens with zero attached hydrogens (tertiary/aromatic N) is 2. The van der Waals surface area contributed by atoms with Crippen molar-refractivity contribution in [2.75, 3.05) is 25.1 Å². The zero-order valence-electron chi connectivity index (χ0n) is 14.4. The van der Waals surface area contributed by atoms with Gasteiger partial charge < -0.3 is 4.90 Å². The molecule has 0 N–H and O–H groups in total. The number of amides is 2. The highest BCUT2D eigenvalue weighted by Crippen LogP contribution is 2.33. The highest BCUT2D eigenvalue weighted by molar-refractivity contribution is 8.26. The Morgan fingerprint density at radius 2 is 2.22 bits per heavy atom. The summed E-state index contributed by atoms with van der Waals surface area (Å²) in [6, 6.07) is 6.71. The van der Waals surface area contributed by atoms with Gasteiger partial charge in [-0.15, -0.1) is 0 Å². The van der Waals surface area contributed by atoms with Crippen molar-refractivity contribution < 1.29 is 18.0 Å². The summed E-state index contributed by atoms with van der Waals surface area (Å²) in [5.74, 6) is -0.635. The van der Waals surface area contributed by atoms with Crippen molar-refractivity contribution in [3.63, 3.8) is 0 Å². The molecule has 1 atom stereocenters. The molecule has 1 aromatic rings. The molecule has 2 aliphatic rings. The molecule has 2 saturated heterocycles. The molecule has 0 bridgehead atoms. The summed E-state index contributed by atoms with van der Waals surface area (Å²) in [5, 5.41) is 0.558. The Morgan fingerprint density at radius 1 is 1.48 bits per heavy atom. The van der Waals surface area contributed by atoms with Crippen molar-refractivity contribution in [1.82, 2.24) is 9.80 Å². The van der Waals surface area contributed by atoms with Crippen LogP contribution in [0.2, 0.25) is 5.02 Å². The molecule has 0 radical (unpaired) electrons.